The van der Waals surface area contributed by atoms with Gasteiger partial charge < -0.3 is 15.0 Å². The molecule has 2 aromatic rings. The zero-order valence-electron chi connectivity index (χ0n) is 11.0. The molecule has 0 aliphatic carbocycles. The van der Waals surface area contributed by atoms with Crippen LogP contribution in [0.5, 0.6) is 0 Å². The lowest BCUT2D eigenvalue weighted by Gasteiger charge is -2.15. The van der Waals surface area contributed by atoms with E-state index in [2.05, 4.69) is 15.3 Å². The lowest BCUT2D eigenvalue weighted by atomic mass is 10.1. The van der Waals surface area contributed by atoms with Crippen molar-refractivity contribution in [2.45, 2.75) is 19.4 Å². The van der Waals surface area contributed by atoms with E-state index >= 15 is 0 Å². The molecule has 1 atom stereocenters. The lowest BCUT2D eigenvalue weighted by molar-refractivity contribution is -0.141. The van der Waals surface area contributed by atoms with Crippen molar-refractivity contribution in [3.63, 3.8) is 0 Å². The maximum absolute atomic E-state index is 11.5. The molecule has 0 aliphatic heterocycles. The topological polar surface area (TPSA) is 67.0 Å². The second kappa shape index (κ2) is 6.04. The van der Waals surface area contributed by atoms with Crippen LogP contribution in [0.15, 0.2) is 36.8 Å². The quantitative estimate of drug-likeness (QED) is 0.809. The maximum Gasteiger partial charge on any atom is 0.328 e. The highest BCUT2D eigenvalue weighted by Gasteiger charge is 2.16. The van der Waals surface area contributed by atoms with E-state index in [0.29, 0.717) is 6.42 Å². The molecule has 2 N–H and O–H groups in total. The molecule has 0 fully saturated rings. The Balaban J connectivity index is 2.08. The van der Waals surface area contributed by atoms with E-state index in [0.717, 1.165) is 16.9 Å². The smallest absolute Gasteiger partial charge is 0.328 e. The fourth-order valence-electron chi connectivity index (χ4n) is 1.83. The molecule has 0 radical (unpaired) electrons. The highest BCUT2D eigenvalue weighted by Crippen LogP contribution is 2.19. The third kappa shape index (κ3) is 3.13. The number of hydrogen-bond acceptors (Lipinski definition) is 4. The van der Waals surface area contributed by atoms with Gasteiger partial charge in [0.05, 0.1) is 25.3 Å². The van der Waals surface area contributed by atoms with Gasteiger partial charge in [0.25, 0.3) is 0 Å². The van der Waals surface area contributed by atoms with E-state index in [1.165, 1.54) is 7.11 Å². The molecule has 0 saturated heterocycles. The van der Waals surface area contributed by atoms with Crippen LogP contribution in [0.2, 0.25) is 0 Å². The fraction of sp³-hybridized carbons (Fsp3) is 0.286. The van der Waals surface area contributed by atoms with Crippen LogP contribution in [0.25, 0.3) is 11.3 Å². The largest absolute Gasteiger partial charge is 0.467 e. The van der Waals surface area contributed by atoms with Crippen LogP contribution in [0.1, 0.15) is 13.3 Å². The molecule has 5 nitrogen and oxygen atoms in total. The monoisotopic (exact) mass is 259 g/mol. The van der Waals surface area contributed by atoms with Crippen LogP contribution in [-0.4, -0.2) is 29.1 Å². The van der Waals surface area contributed by atoms with Crippen molar-refractivity contribution in [2.75, 3.05) is 12.4 Å². The van der Waals surface area contributed by atoms with Crippen LogP contribution < -0.4 is 5.32 Å². The van der Waals surface area contributed by atoms with Crippen molar-refractivity contribution >= 4 is 11.7 Å². The zero-order valence-corrected chi connectivity index (χ0v) is 11.0. The summed E-state index contributed by atoms with van der Waals surface area (Å²) < 4.78 is 4.74. The number of ether oxygens (including phenoxy) is 1. The van der Waals surface area contributed by atoms with Gasteiger partial charge in [-0.15, -0.1) is 0 Å². The van der Waals surface area contributed by atoms with Gasteiger partial charge in [-0.2, -0.15) is 0 Å². The summed E-state index contributed by atoms with van der Waals surface area (Å²) in [5.41, 5.74) is 2.90. The Bertz CT molecular complexity index is 520. The molecule has 0 bridgehead atoms. The number of imidazole rings is 1. The van der Waals surface area contributed by atoms with Crippen LogP contribution in [0, 0.1) is 0 Å². The number of anilines is 1. The molecule has 0 amide bonds. The summed E-state index contributed by atoms with van der Waals surface area (Å²) >= 11 is 0. The van der Waals surface area contributed by atoms with E-state index in [1.54, 1.807) is 12.5 Å². The number of aromatic nitrogens is 2. The molecule has 1 unspecified atom stereocenters. The zero-order chi connectivity index (χ0) is 13.7. The molecule has 100 valence electrons. The second-order valence-electron chi connectivity index (χ2n) is 4.17. The Labute approximate surface area is 112 Å². The highest BCUT2D eigenvalue weighted by atomic mass is 16.5. The van der Waals surface area contributed by atoms with Crippen molar-refractivity contribution in [1.82, 2.24) is 9.97 Å². The number of rotatable bonds is 5. The minimum atomic E-state index is -0.317. The summed E-state index contributed by atoms with van der Waals surface area (Å²) in [5, 5.41) is 3.15. The van der Waals surface area contributed by atoms with E-state index in [-0.39, 0.29) is 12.0 Å². The normalized spacial score (nSPS) is 11.9. The molecule has 5 heteroatoms. The maximum atomic E-state index is 11.5. The molecule has 1 heterocycles. The first-order valence-electron chi connectivity index (χ1n) is 6.17. The number of hydrogen-bond donors (Lipinski definition) is 2. The number of H-pyrrole nitrogens is 1. The van der Waals surface area contributed by atoms with Gasteiger partial charge in [0.15, 0.2) is 0 Å². The van der Waals surface area contributed by atoms with Crippen molar-refractivity contribution in [3.8, 4) is 11.3 Å². The third-order valence-electron chi connectivity index (χ3n) is 2.93. The first kappa shape index (κ1) is 13.1. The number of nitrogens with one attached hydrogen (secondary N) is 2. The van der Waals surface area contributed by atoms with Crippen molar-refractivity contribution in [3.05, 3.63) is 36.8 Å². The van der Waals surface area contributed by atoms with Gasteiger partial charge in [-0.1, -0.05) is 19.1 Å². The third-order valence-corrected chi connectivity index (χ3v) is 2.93. The molecule has 19 heavy (non-hydrogen) atoms. The van der Waals surface area contributed by atoms with Gasteiger partial charge in [-0.25, -0.2) is 9.78 Å². The number of nitrogens with zero attached hydrogens (tertiary/aromatic N) is 1. The Morgan fingerprint density at radius 2 is 2.16 bits per heavy atom. The van der Waals surface area contributed by atoms with Crippen LogP contribution in [0.4, 0.5) is 5.69 Å². The number of esters is 1. The fourth-order valence-corrected chi connectivity index (χ4v) is 1.83. The molecule has 0 spiro atoms. The molecule has 1 aromatic heterocycles. The average molecular weight is 259 g/mol. The van der Waals surface area contributed by atoms with E-state index in [1.807, 2.05) is 31.2 Å². The standard InChI is InChI=1S/C14H17N3O2/c1-3-12(14(18)19-2)17-11-6-4-10(5-7-11)13-8-15-9-16-13/h4-9,12,17H,3H2,1-2H3,(H,15,16). The van der Waals surface area contributed by atoms with Crippen LogP contribution in [-0.2, 0) is 9.53 Å². The Kier molecular flexibility index (Phi) is 4.18. The predicted octanol–water partition coefficient (Wildman–Crippen LogP) is 2.44. The minimum Gasteiger partial charge on any atom is -0.467 e. The summed E-state index contributed by atoms with van der Waals surface area (Å²) in [4.78, 5) is 18.5. The van der Waals surface area contributed by atoms with Gasteiger partial charge >= 0.3 is 5.97 Å². The van der Waals surface area contributed by atoms with Gasteiger partial charge in [-0.3, -0.25) is 0 Å². The molecule has 0 aliphatic rings. The van der Waals surface area contributed by atoms with E-state index in [9.17, 15) is 4.79 Å². The lowest BCUT2D eigenvalue weighted by Crippen LogP contribution is -2.29. The van der Waals surface area contributed by atoms with E-state index < -0.39 is 0 Å². The van der Waals surface area contributed by atoms with Crippen LogP contribution in [0.3, 0.4) is 0 Å². The van der Waals surface area contributed by atoms with Crippen molar-refractivity contribution < 1.29 is 9.53 Å². The highest BCUT2D eigenvalue weighted by molar-refractivity contribution is 5.79. The summed E-state index contributed by atoms with van der Waals surface area (Å²) in [6.45, 7) is 1.94. The van der Waals surface area contributed by atoms with Crippen molar-refractivity contribution in [2.24, 2.45) is 0 Å². The molecule has 0 saturated carbocycles. The molecular formula is C14H17N3O2. The number of carbonyl (C=O) groups excluding carboxylic acids is 1. The molecule has 2 rings (SSSR count). The van der Waals surface area contributed by atoms with E-state index in [4.69, 9.17) is 4.74 Å². The Hall–Kier alpha value is -2.30. The Morgan fingerprint density at radius 1 is 1.42 bits per heavy atom. The predicted molar refractivity (Wildman–Crippen MR) is 73.7 cm³/mol. The van der Waals surface area contributed by atoms with Gasteiger partial charge in [0, 0.05) is 5.69 Å². The first-order chi connectivity index (χ1) is 9.24. The number of methoxy groups -OCH3 is 1. The second-order valence-corrected chi connectivity index (χ2v) is 4.17. The van der Waals surface area contributed by atoms with Gasteiger partial charge in [0.1, 0.15) is 6.04 Å². The number of aromatic amines is 1. The minimum absolute atomic E-state index is 0.250. The van der Waals surface area contributed by atoms with Gasteiger partial charge in [0.2, 0.25) is 0 Å². The van der Waals surface area contributed by atoms with Gasteiger partial charge in [-0.05, 0) is 24.1 Å². The summed E-state index contributed by atoms with van der Waals surface area (Å²) in [6, 6.07) is 7.49. The SMILES string of the molecule is CCC(Nc1ccc(-c2cnc[nH]2)cc1)C(=O)OC. The molecular weight excluding hydrogens is 242 g/mol. The summed E-state index contributed by atoms with van der Waals surface area (Å²) in [6.07, 6.45) is 4.09. The summed E-state index contributed by atoms with van der Waals surface area (Å²) in [5.74, 6) is -0.250. The first-order valence-corrected chi connectivity index (χ1v) is 6.17. The van der Waals surface area contributed by atoms with Crippen LogP contribution >= 0.6 is 0 Å². The molecule has 1 aromatic carbocycles. The Morgan fingerprint density at radius 3 is 2.68 bits per heavy atom. The average Bonchev–Trinajstić information content (AvgIpc) is 2.98. The number of benzene rings is 1. The number of carbonyl (C=O) groups is 1. The van der Waals surface area contributed by atoms with Crippen molar-refractivity contribution in [1.29, 1.82) is 0 Å². The summed E-state index contributed by atoms with van der Waals surface area (Å²) in [7, 11) is 1.40.